The third-order valence-electron chi connectivity index (χ3n) is 4.27. The number of hydrogen-bond acceptors (Lipinski definition) is 4. The van der Waals surface area contributed by atoms with Crippen molar-refractivity contribution in [3.8, 4) is 5.75 Å². The summed E-state index contributed by atoms with van der Waals surface area (Å²) in [5.41, 5.74) is 0.649. The van der Waals surface area contributed by atoms with E-state index in [0.29, 0.717) is 18.1 Å². The molecule has 0 radical (unpaired) electrons. The van der Waals surface area contributed by atoms with Crippen LogP contribution in [0.15, 0.2) is 29.3 Å². The third-order valence-corrected chi connectivity index (χ3v) is 5.69. The molecule has 1 heterocycles. The highest BCUT2D eigenvalue weighted by atomic mass is 32.2. The highest BCUT2D eigenvalue weighted by Gasteiger charge is 2.31. The number of halogens is 2. The molecule has 2 rings (SSSR count). The molecule has 0 saturated carbocycles. The number of para-hydroxylation sites is 1. The zero-order chi connectivity index (χ0) is 18.1. The normalized spacial score (nSPS) is 17.4. The Morgan fingerprint density at radius 2 is 2.04 bits per heavy atom. The van der Waals surface area contributed by atoms with Crippen LogP contribution in [0, 0.1) is 0 Å². The molecule has 1 aromatic rings. The van der Waals surface area contributed by atoms with Crippen molar-refractivity contribution in [3.05, 3.63) is 29.8 Å². The Bertz CT molecular complexity index is 567. The van der Waals surface area contributed by atoms with Gasteiger partial charge in [0.1, 0.15) is 5.75 Å². The van der Waals surface area contributed by atoms with Crippen LogP contribution in [-0.4, -0.2) is 50.4 Å². The van der Waals surface area contributed by atoms with E-state index < -0.39 is 6.61 Å². The number of nitrogens with zero attached hydrogens (tertiary/aromatic N) is 1. The molecule has 8 heteroatoms. The van der Waals surface area contributed by atoms with E-state index >= 15 is 0 Å². The molecule has 0 unspecified atom stereocenters. The fraction of sp³-hybridized carbons (Fsp3) is 0.588. The van der Waals surface area contributed by atoms with Crippen molar-refractivity contribution in [1.82, 2.24) is 10.6 Å². The Morgan fingerprint density at radius 3 is 2.68 bits per heavy atom. The van der Waals surface area contributed by atoms with Crippen molar-refractivity contribution in [2.75, 3.05) is 33.1 Å². The molecule has 2 N–H and O–H groups in total. The average Bonchev–Trinajstić information content (AvgIpc) is 2.63. The molecular formula is C17H25F2N3O2S. The van der Waals surface area contributed by atoms with Crippen LogP contribution in [0.5, 0.6) is 5.75 Å². The first-order chi connectivity index (χ1) is 12.1. The summed E-state index contributed by atoms with van der Waals surface area (Å²) in [7, 11) is 1.69. The maximum absolute atomic E-state index is 12.5. The lowest BCUT2D eigenvalue weighted by atomic mass is 9.99. The average molecular weight is 373 g/mol. The van der Waals surface area contributed by atoms with Crippen LogP contribution in [0.25, 0.3) is 0 Å². The van der Waals surface area contributed by atoms with Gasteiger partial charge in [0.05, 0.1) is 0 Å². The lowest BCUT2D eigenvalue weighted by Crippen LogP contribution is -2.47. The molecule has 5 nitrogen and oxygen atoms in total. The molecule has 1 fully saturated rings. The van der Waals surface area contributed by atoms with E-state index in [2.05, 4.69) is 26.6 Å². The van der Waals surface area contributed by atoms with E-state index in [-0.39, 0.29) is 10.5 Å². The summed E-state index contributed by atoms with van der Waals surface area (Å²) >= 11 is 1.84. The molecular weight excluding hydrogens is 348 g/mol. The van der Waals surface area contributed by atoms with Gasteiger partial charge in [0.25, 0.3) is 0 Å². The Kier molecular flexibility index (Phi) is 7.77. The summed E-state index contributed by atoms with van der Waals surface area (Å²) in [6, 6.07) is 6.74. The van der Waals surface area contributed by atoms with Gasteiger partial charge in [-0.25, -0.2) is 0 Å². The summed E-state index contributed by atoms with van der Waals surface area (Å²) < 4.78 is 35.1. The van der Waals surface area contributed by atoms with Gasteiger partial charge in [0.15, 0.2) is 5.96 Å². The number of guanidine groups is 1. The van der Waals surface area contributed by atoms with Crippen LogP contribution in [-0.2, 0) is 11.3 Å². The molecule has 0 aliphatic carbocycles. The van der Waals surface area contributed by atoms with Gasteiger partial charge in [-0.3, -0.25) is 4.99 Å². The van der Waals surface area contributed by atoms with Crippen LogP contribution in [0.4, 0.5) is 8.78 Å². The summed E-state index contributed by atoms with van der Waals surface area (Å²) in [5.74, 6) is 0.803. The molecule has 0 spiro atoms. The van der Waals surface area contributed by atoms with E-state index in [9.17, 15) is 8.78 Å². The first-order valence-electron chi connectivity index (χ1n) is 8.19. The molecule has 0 atom stereocenters. The van der Waals surface area contributed by atoms with Crippen molar-refractivity contribution < 1.29 is 18.3 Å². The van der Waals surface area contributed by atoms with Crippen LogP contribution in [0.3, 0.4) is 0 Å². The first kappa shape index (κ1) is 19.8. The van der Waals surface area contributed by atoms with Crippen LogP contribution in [0.2, 0.25) is 0 Å². The highest BCUT2D eigenvalue weighted by Crippen LogP contribution is 2.32. The van der Waals surface area contributed by atoms with Crippen molar-refractivity contribution in [3.63, 3.8) is 0 Å². The van der Waals surface area contributed by atoms with Crippen LogP contribution >= 0.6 is 11.8 Å². The number of benzene rings is 1. The monoisotopic (exact) mass is 373 g/mol. The smallest absolute Gasteiger partial charge is 0.387 e. The maximum atomic E-state index is 12.5. The largest absolute Gasteiger partial charge is 0.434 e. The quantitative estimate of drug-likeness (QED) is 0.569. The Hall–Kier alpha value is -1.54. The standard InChI is InChI=1S/C17H25F2N3O2S/c1-20-16(22-12-17(25-2)7-9-23-10-8-17)21-11-13-5-3-4-6-14(13)24-15(18)19/h3-6,15H,7-12H2,1-2H3,(H2,20,21,22). The lowest BCUT2D eigenvalue weighted by Gasteiger charge is -2.36. The lowest BCUT2D eigenvalue weighted by molar-refractivity contribution is -0.0504. The summed E-state index contributed by atoms with van der Waals surface area (Å²) in [5, 5.41) is 6.49. The molecule has 1 aliphatic rings. The molecule has 1 aromatic carbocycles. The molecule has 0 bridgehead atoms. The second-order valence-electron chi connectivity index (χ2n) is 5.77. The molecule has 0 aromatic heterocycles. The van der Waals surface area contributed by atoms with Gasteiger partial charge >= 0.3 is 6.61 Å². The molecule has 1 aliphatic heterocycles. The summed E-state index contributed by atoms with van der Waals surface area (Å²) in [6.45, 7) is -0.182. The minimum atomic E-state index is -2.84. The van der Waals surface area contributed by atoms with E-state index in [4.69, 9.17) is 4.74 Å². The SMILES string of the molecule is CN=C(NCc1ccccc1OC(F)F)NCC1(SC)CCOCC1. The van der Waals surface area contributed by atoms with Crippen LogP contribution < -0.4 is 15.4 Å². The zero-order valence-corrected chi connectivity index (χ0v) is 15.4. The molecule has 140 valence electrons. The van der Waals surface area contributed by atoms with Crippen molar-refractivity contribution >= 4 is 17.7 Å². The maximum Gasteiger partial charge on any atom is 0.387 e. The fourth-order valence-corrected chi connectivity index (χ4v) is 3.49. The van der Waals surface area contributed by atoms with Gasteiger partial charge in [-0.05, 0) is 25.2 Å². The Balaban J connectivity index is 1.90. The second kappa shape index (κ2) is 9.82. The molecule has 1 saturated heterocycles. The Morgan fingerprint density at radius 1 is 1.32 bits per heavy atom. The number of ether oxygens (including phenoxy) is 2. The Labute approximate surface area is 151 Å². The van der Waals surface area contributed by atoms with Crippen molar-refractivity contribution in [2.45, 2.75) is 30.7 Å². The van der Waals surface area contributed by atoms with Gasteiger partial charge in [-0.15, -0.1) is 0 Å². The fourth-order valence-electron chi connectivity index (χ4n) is 2.70. The molecule has 25 heavy (non-hydrogen) atoms. The van der Waals surface area contributed by atoms with E-state index in [0.717, 1.165) is 32.6 Å². The first-order valence-corrected chi connectivity index (χ1v) is 9.41. The van der Waals surface area contributed by atoms with Gasteiger partial charge < -0.3 is 20.1 Å². The van der Waals surface area contributed by atoms with E-state index in [1.807, 2.05) is 11.8 Å². The topological polar surface area (TPSA) is 54.9 Å². The summed E-state index contributed by atoms with van der Waals surface area (Å²) in [6.07, 6.45) is 4.09. The van der Waals surface area contributed by atoms with Crippen molar-refractivity contribution in [2.24, 2.45) is 4.99 Å². The number of rotatable bonds is 7. The minimum absolute atomic E-state index is 0.132. The van der Waals surface area contributed by atoms with Gasteiger partial charge in [0.2, 0.25) is 0 Å². The second-order valence-corrected chi connectivity index (χ2v) is 7.04. The minimum Gasteiger partial charge on any atom is -0.434 e. The van der Waals surface area contributed by atoms with E-state index in [1.165, 1.54) is 6.07 Å². The number of nitrogens with one attached hydrogen (secondary N) is 2. The predicted octanol–water partition coefficient (Wildman–Crippen LogP) is 2.87. The van der Waals surface area contributed by atoms with Crippen molar-refractivity contribution in [1.29, 1.82) is 0 Å². The van der Waals surface area contributed by atoms with Gasteiger partial charge in [-0.2, -0.15) is 20.5 Å². The molecule has 0 amide bonds. The number of thioether (sulfide) groups is 1. The van der Waals surface area contributed by atoms with E-state index in [1.54, 1.807) is 25.2 Å². The highest BCUT2D eigenvalue weighted by molar-refractivity contribution is 8.00. The zero-order valence-electron chi connectivity index (χ0n) is 14.6. The number of alkyl halides is 2. The third kappa shape index (κ3) is 6.04. The number of aliphatic imine (C=N–C) groups is 1. The van der Waals surface area contributed by atoms with Gasteiger partial charge in [0, 0.05) is 43.7 Å². The predicted molar refractivity (Wildman–Crippen MR) is 97.6 cm³/mol. The van der Waals surface area contributed by atoms with Gasteiger partial charge in [-0.1, -0.05) is 18.2 Å². The number of hydrogen-bond donors (Lipinski definition) is 2. The summed E-state index contributed by atoms with van der Waals surface area (Å²) in [4.78, 5) is 4.21. The van der Waals surface area contributed by atoms with Crippen LogP contribution in [0.1, 0.15) is 18.4 Å².